The molecule has 2 heterocycles. The second-order valence-corrected chi connectivity index (χ2v) is 28.9. The predicted molar refractivity (Wildman–Crippen MR) is 420 cm³/mol. The zero-order valence-corrected chi connectivity index (χ0v) is 64.2. The molecule has 113 heavy (non-hydrogen) atoms. The maximum absolute atomic E-state index is 14.7. The summed E-state index contributed by atoms with van der Waals surface area (Å²) in [4.78, 5) is 201. The van der Waals surface area contributed by atoms with Crippen molar-refractivity contribution in [2.45, 2.75) is 176 Å². The molecule has 0 unspecified atom stereocenters. The number of H-pyrrole nitrogens is 1. The zero-order valence-electron chi connectivity index (χ0n) is 63.3. The van der Waals surface area contributed by atoms with E-state index in [4.69, 9.17) is 39.8 Å². The van der Waals surface area contributed by atoms with Crippen molar-refractivity contribution in [2.24, 2.45) is 40.3 Å². The molecule has 0 radical (unpaired) electrons. The number of phenolic OH excluding ortho intramolecular Hbond substituents is 1. The Morgan fingerprint density at radius 2 is 1.00 bits per heavy atom. The fourth-order valence-corrected chi connectivity index (χ4v) is 13.1. The SMILES string of the molecule is CSCC[C@H](NC(=O)[C@@H](NC(=O)[C@@H](N)Cc1ccccc1)C(C)C)C(=O)N[C@@H](CCCCN)C(=O)N[C@@H](CO)C(=O)N1CCC[C@H]1C(=O)N[C@@H](Cc1ccccc1)C(=O)N[C@@H](CC(N)=O)C(=O)N[C@@H](CC(N)=O)C(=O)N[C@@H](CCCNC(=N)N)C(=O)N[C@@H](Cc1c[nH]c2ccccc12)C(=O)N[C@@H](Cc1ccc(O)cc1)C(N)=O. The maximum atomic E-state index is 14.7. The van der Waals surface area contributed by atoms with Crippen LogP contribution in [-0.2, 0) is 92.8 Å². The van der Waals surface area contributed by atoms with Crippen molar-refractivity contribution < 1.29 is 77.3 Å². The molecule has 0 aliphatic carbocycles. The average Bonchev–Trinajstić information content (AvgIpc) is 1.76. The Labute approximate surface area is 657 Å². The third kappa shape index (κ3) is 29.2. The highest BCUT2D eigenvalue weighted by Gasteiger charge is 2.42. The van der Waals surface area contributed by atoms with E-state index < -0.39 is 187 Å². The van der Waals surface area contributed by atoms with Gasteiger partial charge in [0.2, 0.25) is 82.7 Å². The smallest absolute Gasteiger partial charge is 0.248 e. The van der Waals surface area contributed by atoms with Gasteiger partial charge in [-0.05, 0) is 123 Å². The van der Waals surface area contributed by atoms with E-state index in [-0.39, 0.29) is 89.6 Å². The van der Waals surface area contributed by atoms with Gasteiger partial charge in [-0.25, -0.2) is 0 Å². The largest absolute Gasteiger partial charge is 0.508 e. The van der Waals surface area contributed by atoms with Gasteiger partial charge in [0.05, 0.1) is 25.5 Å². The first kappa shape index (κ1) is 90.2. The monoisotopic (exact) mass is 1590 g/mol. The number of benzene rings is 4. The Bertz CT molecular complexity index is 4100. The number of fused-ring (bicyclic) bond motifs is 1. The molecule has 4 aromatic carbocycles. The number of primary amides is 3. The number of thioether (sulfide) groups is 1. The van der Waals surface area contributed by atoms with Crippen LogP contribution in [0.5, 0.6) is 5.75 Å². The van der Waals surface area contributed by atoms with Gasteiger partial charge in [-0.2, -0.15) is 11.8 Å². The first-order valence-corrected chi connectivity index (χ1v) is 38.5. The molecule has 14 amide bonds. The Morgan fingerprint density at radius 1 is 0.531 bits per heavy atom. The standard InChI is InChI=1S/C76H106N20O16S/c1-42(2)63(95-65(102)49(78)34-43-16-6-4-7-17-43)74(111)88-53(29-33-113-3)68(105)86-51(22-12-13-30-77)67(104)94-59(41-97)75(112)96-32-15-24-60(96)73(110)93-55(36-44-18-8-5-9-19-44)69(106)91-58(39-62(80)100)72(109)92-57(38-61(79)99)71(108)87-52(23-14-31-84-76(82)83)66(103)90-56(37-46-40-85-50-21-11-10-20-48(46)50)70(107)89-54(64(81)101)35-45-25-27-47(98)28-26-45/h4-11,16-21,25-28,40,42,49,51-60,63,85,97-98H,12-15,22-24,29-39,41,77-78H2,1-3H3,(H2,79,99)(H2,80,100)(H2,81,101)(H,86,105)(H,87,108)(H,88,111)(H,89,107)(H,90,103)(H,91,106)(H,92,109)(H,93,110)(H,94,104)(H,95,102)(H4,82,83,84)/t49-,51-,52-,53-,54-,55-,56-,57-,58-,59-,60-,63-/m0/s1. The minimum atomic E-state index is -1.97. The van der Waals surface area contributed by atoms with Crippen molar-refractivity contribution in [2.75, 3.05) is 38.2 Å². The third-order valence-corrected chi connectivity index (χ3v) is 19.4. The Kier molecular flexibility index (Phi) is 36.4. The lowest BCUT2D eigenvalue weighted by atomic mass is 10.0. The molecule has 1 aliphatic heterocycles. The van der Waals surface area contributed by atoms with Crippen LogP contribution in [0.25, 0.3) is 10.9 Å². The highest BCUT2D eigenvalue weighted by atomic mass is 32.2. The number of nitrogens with zero attached hydrogens (tertiary/aromatic N) is 1. The number of nitrogens with one attached hydrogen (secondary N) is 13. The van der Waals surface area contributed by atoms with Crippen LogP contribution in [0.3, 0.4) is 0 Å². The minimum absolute atomic E-state index is 0.00126. The van der Waals surface area contributed by atoms with Gasteiger partial charge >= 0.3 is 0 Å². The molecule has 37 heteroatoms. The number of guanidine groups is 1. The number of amides is 14. The Hall–Kier alpha value is -11.7. The number of phenols is 1. The number of aliphatic hydroxyl groups excluding tert-OH is 1. The molecule has 1 aliphatic rings. The maximum Gasteiger partial charge on any atom is 0.248 e. The summed E-state index contributed by atoms with van der Waals surface area (Å²) in [5.41, 5.74) is 37.6. The molecule has 6 rings (SSSR count). The van der Waals surface area contributed by atoms with Crippen LogP contribution in [0.2, 0.25) is 0 Å². The lowest BCUT2D eigenvalue weighted by Gasteiger charge is -2.31. The summed E-state index contributed by atoms with van der Waals surface area (Å²) in [7, 11) is 0. The number of carbonyl (C=O) groups is 14. The predicted octanol–water partition coefficient (Wildman–Crippen LogP) is -3.66. The van der Waals surface area contributed by atoms with Crippen LogP contribution >= 0.6 is 11.8 Å². The van der Waals surface area contributed by atoms with Crippen LogP contribution in [0.4, 0.5) is 0 Å². The number of aromatic hydroxyl groups is 1. The van der Waals surface area contributed by atoms with E-state index in [1.807, 2.05) is 18.2 Å². The first-order chi connectivity index (χ1) is 53.9. The van der Waals surface area contributed by atoms with Crippen molar-refractivity contribution >= 4 is 111 Å². The van der Waals surface area contributed by atoms with Gasteiger partial charge in [0.15, 0.2) is 5.96 Å². The van der Waals surface area contributed by atoms with Crippen molar-refractivity contribution in [1.29, 1.82) is 5.41 Å². The van der Waals surface area contributed by atoms with Crippen LogP contribution < -0.4 is 92.9 Å². The number of carbonyl (C=O) groups excluding carboxylic acids is 14. The first-order valence-electron chi connectivity index (χ1n) is 37.1. The number of hydrogen-bond donors (Lipinski definition) is 21. The molecule has 12 atom stereocenters. The Balaban J connectivity index is 1.19. The van der Waals surface area contributed by atoms with Crippen LogP contribution in [0.15, 0.2) is 115 Å². The van der Waals surface area contributed by atoms with Crippen LogP contribution in [-0.4, -0.2) is 220 Å². The normalized spacial score (nSPS) is 15.4. The lowest BCUT2D eigenvalue weighted by Crippen LogP contribution is -2.61. The summed E-state index contributed by atoms with van der Waals surface area (Å²) in [6.45, 7) is 2.51. The number of unbranched alkanes of at least 4 members (excludes halogenated alkanes) is 1. The van der Waals surface area contributed by atoms with E-state index in [2.05, 4.69) is 63.5 Å². The van der Waals surface area contributed by atoms with E-state index in [9.17, 15) is 77.3 Å². The van der Waals surface area contributed by atoms with Gasteiger partial charge in [-0.15, -0.1) is 0 Å². The van der Waals surface area contributed by atoms with E-state index in [0.717, 1.165) is 10.5 Å². The van der Waals surface area contributed by atoms with Crippen molar-refractivity contribution in [1.82, 2.24) is 68.4 Å². The van der Waals surface area contributed by atoms with E-state index in [1.165, 1.54) is 36.0 Å². The summed E-state index contributed by atoms with van der Waals surface area (Å²) in [6.07, 6.45) is 1.80. The molecule has 1 saturated heterocycles. The van der Waals surface area contributed by atoms with Gasteiger partial charge in [0.25, 0.3) is 0 Å². The Morgan fingerprint density at radius 3 is 1.54 bits per heavy atom. The highest BCUT2D eigenvalue weighted by Crippen LogP contribution is 2.23. The fraction of sp³-hybridized carbons (Fsp3) is 0.461. The van der Waals surface area contributed by atoms with Crippen molar-refractivity contribution in [3.8, 4) is 5.75 Å². The third-order valence-electron chi connectivity index (χ3n) is 18.7. The van der Waals surface area contributed by atoms with E-state index in [1.54, 1.807) is 93.0 Å². The van der Waals surface area contributed by atoms with Crippen LogP contribution in [0.1, 0.15) is 100 Å². The fourth-order valence-electron chi connectivity index (χ4n) is 12.6. The topological polar surface area (TPSA) is 611 Å². The molecule has 27 N–H and O–H groups in total. The van der Waals surface area contributed by atoms with Gasteiger partial charge in [-0.3, -0.25) is 72.5 Å². The molecule has 0 bridgehead atoms. The number of aromatic amines is 1. The van der Waals surface area contributed by atoms with E-state index in [0.29, 0.717) is 46.2 Å². The molecule has 5 aromatic rings. The second-order valence-electron chi connectivity index (χ2n) is 27.9. The zero-order chi connectivity index (χ0) is 82.8. The minimum Gasteiger partial charge on any atom is -0.508 e. The number of para-hydroxylation sites is 1. The number of likely N-dealkylation sites (tertiary alicyclic amines) is 1. The molecular formula is C76H106N20O16S. The molecule has 36 nitrogen and oxygen atoms in total. The number of nitrogens with two attached hydrogens (primary N) is 6. The number of hydrogen-bond acceptors (Lipinski definition) is 20. The second kappa shape index (κ2) is 45.6. The number of aliphatic hydroxyl groups is 1. The number of aromatic nitrogens is 1. The molecule has 1 fully saturated rings. The molecular weight excluding hydrogens is 1480 g/mol. The van der Waals surface area contributed by atoms with Gasteiger partial charge < -0.3 is 113 Å². The van der Waals surface area contributed by atoms with Gasteiger partial charge in [0.1, 0.15) is 72.2 Å². The van der Waals surface area contributed by atoms with Gasteiger partial charge in [-0.1, -0.05) is 105 Å². The summed E-state index contributed by atoms with van der Waals surface area (Å²) in [6, 6.07) is 12.2. The lowest BCUT2D eigenvalue weighted by molar-refractivity contribution is -0.143. The van der Waals surface area contributed by atoms with Gasteiger partial charge in [0, 0.05) is 49.5 Å². The van der Waals surface area contributed by atoms with Crippen LogP contribution in [0, 0.1) is 11.3 Å². The highest BCUT2D eigenvalue weighted by molar-refractivity contribution is 7.98. The quantitative estimate of drug-likeness (QED) is 0.0101. The summed E-state index contributed by atoms with van der Waals surface area (Å²) >= 11 is 1.38. The summed E-state index contributed by atoms with van der Waals surface area (Å²) in [5.74, 6) is -14.2. The average molecular weight is 1590 g/mol. The molecule has 1 aromatic heterocycles. The number of rotatable bonds is 47. The molecule has 0 spiro atoms. The molecule has 0 saturated carbocycles. The summed E-state index contributed by atoms with van der Waals surface area (Å²) in [5, 5.41) is 57.3. The van der Waals surface area contributed by atoms with E-state index >= 15 is 0 Å². The molecule has 612 valence electrons. The van der Waals surface area contributed by atoms with Crippen molar-refractivity contribution in [3.05, 3.63) is 138 Å². The van der Waals surface area contributed by atoms with Crippen molar-refractivity contribution in [3.63, 3.8) is 0 Å². The summed E-state index contributed by atoms with van der Waals surface area (Å²) < 4.78 is 0.